The second-order valence-electron chi connectivity index (χ2n) is 16.8. The Morgan fingerprint density at radius 3 is 1.41 bits per heavy atom. The third-order valence-electron chi connectivity index (χ3n) is 13.5. The molecular formula is C60H40N2SSi. The summed E-state index contributed by atoms with van der Waals surface area (Å²) < 4.78 is 7.61. The van der Waals surface area contributed by atoms with Crippen molar-refractivity contribution in [3.63, 3.8) is 0 Å². The smallest absolute Gasteiger partial charge is 0.179 e. The zero-order chi connectivity index (χ0) is 42.2. The molecule has 0 aliphatic heterocycles. The first kappa shape index (κ1) is 36.9. The van der Waals surface area contributed by atoms with Crippen LogP contribution in [0.15, 0.2) is 243 Å². The summed E-state index contributed by atoms with van der Waals surface area (Å²) in [7, 11) is -2.76. The molecule has 3 heterocycles. The highest BCUT2D eigenvalue weighted by Crippen LogP contribution is 2.40. The molecule has 2 nitrogen and oxygen atoms in total. The van der Waals surface area contributed by atoms with Crippen LogP contribution in [-0.4, -0.2) is 17.2 Å². The van der Waals surface area contributed by atoms with Crippen molar-refractivity contribution < 1.29 is 0 Å². The molecule has 0 amide bonds. The van der Waals surface area contributed by atoms with Crippen LogP contribution in [-0.2, 0) is 0 Å². The number of fused-ring (bicyclic) bond motifs is 9. The van der Waals surface area contributed by atoms with Gasteiger partial charge in [-0.15, -0.1) is 11.3 Å². The van der Waals surface area contributed by atoms with Crippen molar-refractivity contribution in [1.29, 1.82) is 0 Å². The maximum Gasteiger partial charge on any atom is 0.179 e. The van der Waals surface area contributed by atoms with Crippen LogP contribution < -0.4 is 20.7 Å². The SMILES string of the molecule is c1ccc([Si](c2ccccc2)(c2ccccc2)c2cccc(-n3c4ccccc4c4ccc(-n5c6ccccc6c6cc(-c7ccc8sc9ccccc9c8c7)ccc65)cc43)c2)cc1. The van der Waals surface area contributed by atoms with Gasteiger partial charge in [0.1, 0.15) is 0 Å². The molecule has 4 heteroatoms. The molecule has 0 spiro atoms. The van der Waals surface area contributed by atoms with Crippen LogP contribution in [0.2, 0.25) is 0 Å². The molecule has 0 N–H and O–H groups in total. The zero-order valence-electron chi connectivity index (χ0n) is 34.9. The molecule has 0 aliphatic rings. The summed E-state index contributed by atoms with van der Waals surface area (Å²) in [6, 6.07) is 90.5. The van der Waals surface area contributed by atoms with E-state index in [0.717, 1.165) is 11.4 Å². The molecule has 64 heavy (non-hydrogen) atoms. The van der Waals surface area contributed by atoms with Crippen LogP contribution in [0.5, 0.6) is 0 Å². The second kappa shape index (κ2) is 14.7. The molecule has 13 rings (SSSR count). The number of hydrogen-bond acceptors (Lipinski definition) is 1. The van der Waals surface area contributed by atoms with Crippen molar-refractivity contribution in [3.8, 4) is 22.5 Å². The van der Waals surface area contributed by atoms with Crippen LogP contribution in [0.3, 0.4) is 0 Å². The highest BCUT2D eigenvalue weighted by molar-refractivity contribution is 7.25. The van der Waals surface area contributed by atoms with Gasteiger partial charge in [0.2, 0.25) is 0 Å². The van der Waals surface area contributed by atoms with Gasteiger partial charge >= 0.3 is 0 Å². The van der Waals surface area contributed by atoms with E-state index in [-0.39, 0.29) is 0 Å². The summed E-state index contributed by atoms with van der Waals surface area (Å²) >= 11 is 1.87. The van der Waals surface area contributed by atoms with Gasteiger partial charge in [-0.3, -0.25) is 0 Å². The Morgan fingerprint density at radius 1 is 0.266 bits per heavy atom. The van der Waals surface area contributed by atoms with E-state index < -0.39 is 8.07 Å². The lowest BCUT2D eigenvalue weighted by atomic mass is 10.0. The second-order valence-corrected chi connectivity index (χ2v) is 21.7. The van der Waals surface area contributed by atoms with Gasteiger partial charge in [0.25, 0.3) is 0 Å². The number of thiophene rings is 1. The Bertz CT molecular complexity index is 3800. The van der Waals surface area contributed by atoms with Crippen LogP contribution in [0.4, 0.5) is 0 Å². The largest absolute Gasteiger partial charge is 0.309 e. The summed E-state index contributed by atoms with van der Waals surface area (Å²) in [6.07, 6.45) is 0. The average Bonchev–Trinajstić information content (AvgIpc) is 4.02. The lowest BCUT2D eigenvalue weighted by Gasteiger charge is -2.34. The van der Waals surface area contributed by atoms with Crippen LogP contribution in [0, 0.1) is 0 Å². The fourth-order valence-electron chi connectivity index (χ4n) is 10.7. The van der Waals surface area contributed by atoms with E-state index >= 15 is 0 Å². The van der Waals surface area contributed by atoms with E-state index in [2.05, 4.69) is 252 Å². The summed E-state index contributed by atoms with van der Waals surface area (Å²) in [4.78, 5) is 0. The summed E-state index contributed by atoms with van der Waals surface area (Å²) in [6.45, 7) is 0. The number of para-hydroxylation sites is 2. The van der Waals surface area contributed by atoms with Crippen LogP contribution in [0.1, 0.15) is 0 Å². The van der Waals surface area contributed by atoms with Crippen molar-refractivity contribution >= 4 is 104 Å². The van der Waals surface area contributed by atoms with Gasteiger partial charge < -0.3 is 9.13 Å². The minimum absolute atomic E-state index is 1.14. The molecule has 0 aliphatic carbocycles. The van der Waals surface area contributed by atoms with Gasteiger partial charge in [-0.25, -0.2) is 0 Å². The predicted octanol–water partition coefficient (Wildman–Crippen LogP) is 13.3. The van der Waals surface area contributed by atoms with Gasteiger partial charge in [-0.05, 0) is 98.6 Å². The van der Waals surface area contributed by atoms with Gasteiger partial charge in [-0.2, -0.15) is 0 Å². The molecule has 0 unspecified atom stereocenters. The number of aromatic nitrogens is 2. The Balaban J connectivity index is 1.02. The van der Waals surface area contributed by atoms with Gasteiger partial charge in [0.05, 0.1) is 22.1 Å². The van der Waals surface area contributed by atoms with E-state index in [4.69, 9.17) is 0 Å². The van der Waals surface area contributed by atoms with Gasteiger partial charge in [0.15, 0.2) is 8.07 Å². The van der Waals surface area contributed by atoms with Crippen molar-refractivity contribution in [2.75, 3.05) is 0 Å². The van der Waals surface area contributed by atoms with Crippen LogP contribution >= 0.6 is 11.3 Å². The molecule has 3 aromatic heterocycles. The Kier molecular flexibility index (Phi) is 8.45. The van der Waals surface area contributed by atoms with E-state index in [0.29, 0.717) is 0 Å². The molecule has 0 bridgehead atoms. The third kappa shape index (κ3) is 5.56. The topological polar surface area (TPSA) is 9.86 Å². The van der Waals surface area contributed by atoms with Gasteiger partial charge in [0, 0.05) is 53.1 Å². The van der Waals surface area contributed by atoms with Crippen molar-refractivity contribution in [1.82, 2.24) is 9.13 Å². The van der Waals surface area contributed by atoms with E-state index in [1.54, 1.807) is 0 Å². The summed E-state index contributed by atoms with van der Waals surface area (Å²) in [5.41, 5.74) is 9.53. The van der Waals surface area contributed by atoms with Crippen molar-refractivity contribution in [2.24, 2.45) is 0 Å². The maximum absolute atomic E-state index is 2.76. The molecule has 0 fully saturated rings. The fourth-order valence-corrected chi connectivity index (χ4v) is 16.5. The minimum atomic E-state index is -2.76. The molecular weight excluding hydrogens is 809 g/mol. The molecule has 300 valence electrons. The minimum Gasteiger partial charge on any atom is -0.309 e. The molecule has 13 aromatic rings. The molecule has 10 aromatic carbocycles. The highest BCUT2D eigenvalue weighted by atomic mass is 32.1. The Labute approximate surface area is 376 Å². The molecule has 0 saturated carbocycles. The Morgan fingerprint density at radius 2 is 0.734 bits per heavy atom. The summed E-state index contributed by atoms with van der Waals surface area (Å²) in [5, 5.41) is 13.1. The number of rotatable bonds is 7. The maximum atomic E-state index is 2.49. The highest BCUT2D eigenvalue weighted by Gasteiger charge is 2.41. The standard InChI is InChI=1S/C60H40N2SSi/c1-4-18-45(19-5-1)64(46-20-6-2-7-21-46,47-22-8-3-9-23-47)48-24-16-17-43(39-48)62-55-28-13-10-25-49(55)51-34-33-44(40-58(51)62)61-56-29-14-11-26-50(56)53-37-41(31-35-57(53)61)42-32-36-60-54(38-42)52-27-12-15-30-59(52)63-60/h1-40H. The first-order valence-corrected chi connectivity index (χ1v) is 24.8. The first-order valence-electron chi connectivity index (χ1n) is 22.0. The third-order valence-corrected chi connectivity index (χ3v) is 19.4. The lowest BCUT2D eigenvalue weighted by molar-refractivity contribution is 1.16. The molecule has 0 saturated heterocycles. The van der Waals surface area contributed by atoms with Gasteiger partial charge in [-0.1, -0.05) is 176 Å². The zero-order valence-corrected chi connectivity index (χ0v) is 36.7. The number of nitrogens with zero attached hydrogens (tertiary/aromatic N) is 2. The van der Waals surface area contributed by atoms with E-state index in [9.17, 15) is 0 Å². The van der Waals surface area contributed by atoms with Crippen molar-refractivity contribution in [2.45, 2.75) is 0 Å². The van der Waals surface area contributed by atoms with Crippen molar-refractivity contribution in [3.05, 3.63) is 243 Å². The summed E-state index contributed by atoms with van der Waals surface area (Å²) in [5.74, 6) is 0. The lowest BCUT2D eigenvalue weighted by Crippen LogP contribution is -2.74. The monoisotopic (exact) mass is 848 g/mol. The quantitative estimate of drug-likeness (QED) is 0.112. The normalized spacial score (nSPS) is 12.1. The fraction of sp³-hybridized carbons (Fsp3) is 0. The molecule has 0 radical (unpaired) electrons. The molecule has 0 atom stereocenters. The van der Waals surface area contributed by atoms with Crippen LogP contribution in [0.25, 0.3) is 86.3 Å². The average molecular weight is 849 g/mol. The van der Waals surface area contributed by atoms with E-state index in [1.807, 2.05) is 11.3 Å². The number of benzene rings is 10. The van der Waals surface area contributed by atoms with E-state index in [1.165, 1.54) is 95.7 Å². The predicted molar refractivity (Wildman–Crippen MR) is 277 cm³/mol. The first-order chi connectivity index (χ1) is 31.7. The Hall–Kier alpha value is -7.76. The number of hydrogen-bond donors (Lipinski definition) is 0.